The molecular formula is C17H23ClN2O. The molecule has 0 fully saturated rings. The minimum absolute atomic E-state index is 0.0830. The summed E-state index contributed by atoms with van der Waals surface area (Å²) in [5, 5.41) is 6.53. The lowest BCUT2D eigenvalue weighted by Gasteiger charge is -2.13. The van der Waals surface area contributed by atoms with Crippen molar-refractivity contribution in [2.24, 2.45) is 0 Å². The summed E-state index contributed by atoms with van der Waals surface area (Å²) in [6, 6.07) is 7.62. The highest BCUT2D eigenvalue weighted by Crippen LogP contribution is 2.19. The van der Waals surface area contributed by atoms with Crippen molar-refractivity contribution in [2.45, 2.75) is 38.5 Å². The molecule has 2 rings (SSSR count). The van der Waals surface area contributed by atoms with Crippen molar-refractivity contribution in [2.75, 3.05) is 13.1 Å². The molecule has 0 spiro atoms. The monoisotopic (exact) mass is 306 g/mol. The van der Waals surface area contributed by atoms with E-state index in [9.17, 15) is 4.79 Å². The van der Waals surface area contributed by atoms with Gasteiger partial charge >= 0.3 is 6.03 Å². The highest BCUT2D eigenvalue weighted by atomic mass is 35.5. The largest absolute Gasteiger partial charge is 0.338 e. The zero-order valence-electron chi connectivity index (χ0n) is 12.3. The van der Waals surface area contributed by atoms with Gasteiger partial charge in [0.1, 0.15) is 0 Å². The molecule has 1 aromatic rings. The number of rotatable bonds is 6. The quantitative estimate of drug-likeness (QED) is 0.764. The van der Waals surface area contributed by atoms with Crippen molar-refractivity contribution in [3.63, 3.8) is 0 Å². The van der Waals surface area contributed by atoms with Gasteiger partial charge in [0.25, 0.3) is 0 Å². The molecule has 0 aromatic heterocycles. The predicted octanol–water partition coefficient (Wildman–Crippen LogP) is 4.07. The average molecular weight is 307 g/mol. The highest BCUT2D eigenvalue weighted by molar-refractivity contribution is 6.30. The number of carbonyl (C=O) groups excluding carboxylic acids is 1. The Morgan fingerprint density at radius 3 is 2.43 bits per heavy atom. The number of hydrogen-bond acceptors (Lipinski definition) is 1. The standard InChI is InChI=1S/C17H23ClN2O/c18-16-8-6-15(7-9-16)11-13-20-17(21)19-12-10-14-4-2-1-3-5-14/h4,6-9H,1-3,5,10-13H2,(H2,19,20,21). The summed E-state index contributed by atoms with van der Waals surface area (Å²) < 4.78 is 0. The average Bonchev–Trinajstić information content (AvgIpc) is 2.50. The molecule has 3 nitrogen and oxygen atoms in total. The molecule has 1 aliphatic rings. The zero-order chi connectivity index (χ0) is 14.9. The number of nitrogens with one attached hydrogen (secondary N) is 2. The first kappa shape index (κ1) is 15.9. The van der Waals surface area contributed by atoms with Gasteiger partial charge in [-0.15, -0.1) is 0 Å². The Morgan fingerprint density at radius 2 is 1.76 bits per heavy atom. The highest BCUT2D eigenvalue weighted by Gasteiger charge is 2.04. The number of benzene rings is 1. The van der Waals surface area contributed by atoms with Crippen molar-refractivity contribution in [3.05, 3.63) is 46.5 Å². The summed E-state index contributed by atoms with van der Waals surface area (Å²) in [5.41, 5.74) is 2.66. The van der Waals surface area contributed by atoms with Gasteiger partial charge in [0, 0.05) is 18.1 Å². The molecule has 0 bridgehead atoms. The SMILES string of the molecule is O=C(NCCC1=CCCCC1)NCCc1ccc(Cl)cc1. The fourth-order valence-corrected chi connectivity index (χ4v) is 2.63. The Labute approximate surface area is 131 Å². The Kier molecular flexibility index (Phi) is 6.61. The fraction of sp³-hybridized carbons (Fsp3) is 0.471. The summed E-state index contributed by atoms with van der Waals surface area (Å²) in [6.45, 7) is 1.36. The van der Waals surface area contributed by atoms with Crippen LogP contribution in [0.25, 0.3) is 0 Å². The van der Waals surface area contributed by atoms with Crippen LogP contribution in [0, 0.1) is 0 Å². The maximum atomic E-state index is 11.7. The Balaban J connectivity index is 1.57. The summed E-state index contributed by atoms with van der Waals surface area (Å²) in [7, 11) is 0. The Bertz CT molecular complexity index is 482. The lowest BCUT2D eigenvalue weighted by atomic mass is 9.97. The molecule has 0 saturated carbocycles. The van der Waals surface area contributed by atoms with Gasteiger partial charge in [-0.3, -0.25) is 0 Å². The van der Waals surface area contributed by atoms with E-state index in [0.29, 0.717) is 6.54 Å². The Hall–Kier alpha value is -1.48. The van der Waals surface area contributed by atoms with Gasteiger partial charge in [0.15, 0.2) is 0 Å². The van der Waals surface area contributed by atoms with Crippen molar-refractivity contribution in [1.82, 2.24) is 10.6 Å². The van der Waals surface area contributed by atoms with Crippen LogP contribution in [0.2, 0.25) is 5.02 Å². The Morgan fingerprint density at radius 1 is 1.05 bits per heavy atom. The van der Waals surface area contributed by atoms with E-state index in [1.807, 2.05) is 24.3 Å². The van der Waals surface area contributed by atoms with E-state index in [2.05, 4.69) is 16.7 Å². The maximum absolute atomic E-state index is 11.7. The lowest BCUT2D eigenvalue weighted by Crippen LogP contribution is -2.37. The van der Waals surface area contributed by atoms with Gasteiger partial charge in [-0.1, -0.05) is 35.4 Å². The van der Waals surface area contributed by atoms with E-state index in [1.165, 1.54) is 36.8 Å². The molecular weight excluding hydrogens is 284 g/mol. The summed E-state index contributed by atoms with van der Waals surface area (Å²) >= 11 is 5.83. The first-order valence-electron chi connectivity index (χ1n) is 7.68. The van der Waals surface area contributed by atoms with E-state index in [4.69, 9.17) is 11.6 Å². The molecule has 21 heavy (non-hydrogen) atoms. The lowest BCUT2D eigenvalue weighted by molar-refractivity contribution is 0.241. The topological polar surface area (TPSA) is 41.1 Å². The normalized spacial score (nSPS) is 14.4. The second-order valence-electron chi connectivity index (χ2n) is 5.42. The third kappa shape index (κ3) is 6.21. The molecule has 2 N–H and O–H groups in total. The van der Waals surface area contributed by atoms with Crippen LogP contribution in [-0.2, 0) is 6.42 Å². The smallest absolute Gasteiger partial charge is 0.314 e. The van der Waals surface area contributed by atoms with Crippen LogP contribution in [0.1, 0.15) is 37.7 Å². The van der Waals surface area contributed by atoms with Crippen LogP contribution >= 0.6 is 11.6 Å². The van der Waals surface area contributed by atoms with Gasteiger partial charge in [-0.25, -0.2) is 4.79 Å². The van der Waals surface area contributed by atoms with Crippen molar-refractivity contribution >= 4 is 17.6 Å². The number of hydrogen-bond donors (Lipinski definition) is 2. The number of allylic oxidation sites excluding steroid dienone is 1. The molecule has 0 heterocycles. The third-order valence-electron chi connectivity index (χ3n) is 3.73. The number of amides is 2. The summed E-state index contributed by atoms with van der Waals surface area (Å²) in [5.74, 6) is 0. The van der Waals surface area contributed by atoms with E-state index in [1.54, 1.807) is 0 Å². The van der Waals surface area contributed by atoms with Gasteiger partial charge in [0.05, 0.1) is 0 Å². The third-order valence-corrected chi connectivity index (χ3v) is 3.98. The summed E-state index contributed by atoms with van der Waals surface area (Å²) in [6.07, 6.45) is 9.10. The number of halogens is 1. The second kappa shape index (κ2) is 8.73. The zero-order valence-corrected chi connectivity index (χ0v) is 13.1. The summed E-state index contributed by atoms with van der Waals surface area (Å²) in [4.78, 5) is 11.7. The van der Waals surface area contributed by atoms with E-state index in [0.717, 1.165) is 24.4 Å². The van der Waals surface area contributed by atoms with Gasteiger partial charge in [-0.2, -0.15) is 0 Å². The molecule has 4 heteroatoms. The van der Waals surface area contributed by atoms with Crippen LogP contribution in [-0.4, -0.2) is 19.1 Å². The van der Waals surface area contributed by atoms with Crippen LogP contribution < -0.4 is 10.6 Å². The van der Waals surface area contributed by atoms with Crippen LogP contribution in [0.4, 0.5) is 4.79 Å². The second-order valence-corrected chi connectivity index (χ2v) is 5.85. The van der Waals surface area contributed by atoms with Gasteiger partial charge in [0.2, 0.25) is 0 Å². The van der Waals surface area contributed by atoms with E-state index in [-0.39, 0.29) is 6.03 Å². The first-order valence-corrected chi connectivity index (χ1v) is 8.06. The minimum Gasteiger partial charge on any atom is -0.338 e. The van der Waals surface area contributed by atoms with Crippen LogP contribution in [0.3, 0.4) is 0 Å². The van der Waals surface area contributed by atoms with E-state index < -0.39 is 0 Å². The fourth-order valence-electron chi connectivity index (χ4n) is 2.50. The van der Waals surface area contributed by atoms with Crippen LogP contribution in [0.15, 0.2) is 35.9 Å². The first-order chi connectivity index (χ1) is 10.2. The molecule has 2 amide bonds. The molecule has 1 aliphatic carbocycles. The van der Waals surface area contributed by atoms with Gasteiger partial charge in [-0.05, 0) is 56.2 Å². The minimum atomic E-state index is -0.0830. The maximum Gasteiger partial charge on any atom is 0.314 e. The molecule has 114 valence electrons. The van der Waals surface area contributed by atoms with Crippen molar-refractivity contribution in [3.8, 4) is 0 Å². The molecule has 0 aliphatic heterocycles. The van der Waals surface area contributed by atoms with E-state index >= 15 is 0 Å². The molecule has 1 aromatic carbocycles. The molecule has 0 radical (unpaired) electrons. The number of urea groups is 1. The molecule has 0 atom stereocenters. The molecule has 0 unspecified atom stereocenters. The predicted molar refractivity (Wildman–Crippen MR) is 87.7 cm³/mol. The number of carbonyl (C=O) groups is 1. The van der Waals surface area contributed by atoms with Crippen molar-refractivity contribution < 1.29 is 4.79 Å². The molecule has 0 saturated heterocycles. The van der Waals surface area contributed by atoms with Crippen molar-refractivity contribution in [1.29, 1.82) is 0 Å². The van der Waals surface area contributed by atoms with Crippen LogP contribution in [0.5, 0.6) is 0 Å². The van der Waals surface area contributed by atoms with Gasteiger partial charge < -0.3 is 10.6 Å².